The molecule has 3 heterocycles. The Kier molecular flexibility index (Phi) is 4.83. The van der Waals surface area contributed by atoms with Crippen LogP contribution in [0.4, 0.5) is 0 Å². The standard InChI is InChI=1S/C17H16ClN3O3S2/c18-12-2-1-3-14(10-12)26(22,23)21-7-4-13(5-8-21)24-17-16-15(6-9-25-16)19-11-20-17/h1-3,6,9-11,13H,4-5,7-8H2. The first kappa shape index (κ1) is 17.7. The molecule has 136 valence electrons. The lowest BCUT2D eigenvalue weighted by Crippen LogP contribution is -2.41. The first-order chi connectivity index (χ1) is 12.5. The number of nitrogens with zero attached hydrogens (tertiary/aromatic N) is 3. The maximum atomic E-state index is 12.8. The van der Waals surface area contributed by atoms with Crippen molar-refractivity contribution in [1.29, 1.82) is 0 Å². The number of rotatable bonds is 4. The molecule has 0 bridgehead atoms. The van der Waals surface area contributed by atoms with Crippen LogP contribution in [0.2, 0.25) is 5.02 Å². The van der Waals surface area contributed by atoms with Gasteiger partial charge in [-0.1, -0.05) is 17.7 Å². The zero-order chi connectivity index (χ0) is 18.1. The van der Waals surface area contributed by atoms with Gasteiger partial charge in [-0.3, -0.25) is 0 Å². The third kappa shape index (κ3) is 3.42. The second-order valence-corrected chi connectivity index (χ2v) is 9.28. The molecule has 0 spiro atoms. The van der Waals surface area contributed by atoms with Crippen molar-refractivity contribution in [2.75, 3.05) is 13.1 Å². The molecule has 0 aliphatic carbocycles. The van der Waals surface area contributed by atoms with Crippen LogP contribution in [0.3, 0.4) is 0 Å². The quantitative estimate of drug-likeness (QED) is 0.658. The van der Waals surface area contributed by atoms with Gasteiger partial charge in [0.05, 0.1) is 10.4 Å². The summed E-state index contributed by atoms with van der Waals surface area (Å²) < 4.78 is 33.9. The molecule has 0 atom stereocenters. The molecular formula is C17H16ClN3O3S2. The van der Waals surface area contributed by atoms with E-state index in [1.54, 1.807) is 18.2 Å². The molecule has 1 fully saturated rings. The van der Waals surface area contributed by atoms with E-state index >= 15 is 0 Å². The molecule has 2 aromatic heterocycles. The van der Waals surface area contributed by atoms with Crippen LogP contribution in [-0.2, 0) is 10.0 Å². The number of hydrogen-bond donors (Lipinski definition) is 0. The molecule has 6 nitrogen and oxygen atoms in total. The molecular weight excluding hydrogens is 394 g/mol. The van der Waals surface area contributed by atoms with Gasteiger partial charge in [0.1, 0.15) is 17.1 Å². The van der Waals surface area contributed by atoms with Gasteiger partial charge in [-0.05, 0) is 42.5 Å². The summed E-state index contributed by atoms with van der Waals surface area (Å²) in [6.45, 7) is 0.802. The van der Waals surface area contributed by atoms with Gasteiger partial charge >= 0.3 is 0 Å². The lowest BCUT2D eigenvalue weighted by Gasteiger charge is -2.31. The number of benzene rings is 1. The highest BCUT2D eigenvalue weighted by atomic mass is 35.5. The Hall–Kier alpha value is -1.74. The molecule has 0 unspecified atom stereocenters. The molecule has 1 aliphatic heterocycles. The highest BCUT2D eigenvalue weighted by Crippen LogP contribution is 2.30. The van der Waals surface area contributed by atoms with Gasteiger partial charge in [0, 0.05) is 18.1 Å². The fourth-order valence-corrected chi connectivity index (χ4v) is 5.52. The predicted octanol–water partition coefficient (Wildman–Crippen LogP) is 3.58. The van der Waals surface area contributed by atoms with Crippen LogP contribution in [0.5, 0.6) is 5.88 Å². The Labute approximate surface area is 160 Å². The van der Waals surface area contributed by atoms with Gasteiger partial charge in [0.2, 0.25) is 15.9 Å². The second kappa shape index (κ2) is 7.11. The molecule has 1 aromatic carbocycles. The Morgan fingerprint density at radius 1 is 1.19 bits per heavy atom. The molecule has 0 amide bonds. The van der Waals surface area contributed by atoms with Crippen molar-refractivity contribution in [2.45, 2.75) is 23.8 Å². The van der Waals surface area contributed by atoms with E-state index in [2.05, 4.69) is 9.97 Å². The molecule has 26 heavy (non-hydrogen) atoms. The number of piperidine rings is 1. The van der Waals surface area contributed by atoms with E-state index in [0.29, 0.717) is 36.8 Å². The lowest BCUT2D eigenvalue weighted by atomic mass is 10.1. The van der Waals surface area contributed by atoms with Gasteiger partial charge < -0.3 is 4.74 Å². The van der Waals surface area contributed by atoms with Gasteiger partial charge in [0.25, 0.3) is 0 Å². The van der Waals surface area contributed by atoms with Crippen LogP contribution in [0.25, 0.3) is 10.2 Å². The van der Waals surface area contributed by atoms with Crippen molar-refractivity contribution in [1.82, 2.24) is 14.3 Å². The van der Waals surface area contributed by atoms with Gasteiger partial charge in [0.15, 0.2) is 0 Å². The Bertz CT molecular complexity index is 1030. The van der Waals surface area contributed by atoms with Crippen molar-refractivity contribution >= 4 is 43.2 Å². The van der Waals surface area contributed by atoms with Crippen LogP contribution >= 0.6 is 22.9 Å². The van der Waals surface area contributed by atoms with Crippen molar-refractivity contribution in [3.05, 3.63) is 47.1 Å². The normalized spacial score (nSPS) is 16.8. The Morgan fingerprint density at radius 3 is 2.77 bits per heavy atom. The minimum absolute atomic E-state index is 0.0685. The Morgan fingerprint density at radius 2 is 2.00 bits per heavy atom. The Balaban J connectivity index is 1.45. The van der Waals surface area contributed by atoms with Gasteiger partial charge in [-0.25, -0.2) is 18.4 Å². The zero-order valence-corrected chi connectivity index (χ0v) is 16.1. The van der Waals surface area contributed by atoms with E-state index in [4.69, 9.17) is 16.3 Å². The predicted molar refractivity (Wildman–Crippen MR) is 101 cm³/mol. The van der Waals surface area contributed by atoms with Crippen LogP contribution in [-0.4, -0.2) is 41.9 Å². The smallest absolute Gasteiger partial charge is 0.243 e. The van der Waals surface area contributed by atoms with Crippen LogP contribution in [0, 0.1) is 0 Å². The first-order valence-corrected chi connectivity index (χ1v) is 10.8. The zero-order valence-electron chi connectivity index (χ0n) is 13.7. The highest BCUT2D eigenvalue weighted by molar-refractivity contribution is 7.89. The maximum Gasteiger partial charge on any atom is 0.243 e. The molecule has 0 saturated carbocycles. The summed E-state index contributed by atoms with van der Waals surface area (Å²) in [6.07, 6.45) is 2.64. The molecule has 0 N–H and O–H groups in total. The van der Waals surface area contributed by atoms with E-state index in [1.165, 1.54) is 28.0 Å². The molecule has 9 heteroatoms. The van der Waals surface area contributed by atoms with Crippen LogP contribution in [0.15, 0.2) is 46.9 Å². The molecule has 1 saturated heterocycles. The number of hydrogen-bond acceptors (Lipinski definition) is 6. The van der Waals surface area contributed by atoms with E-state index in [0.717, 1.165) is 10.2 Å². The summed E-state index contributed by atoms with van der Waals surface area (Å²) in [7, 11) is -3.54. The number of thiophene rings is 1. The van der Waals surface area contributed by atoms with Crippen molar-refractivity contribution in [2.24, 2.45) is 0 Å². The van der Waals surface area contributed by atoms with E-state index in [9.17, 15) is 8.42 Å². The van der Waals surface area contributed by atoms with Crippen LogP contribution in [0.1, 0.15) is 12.8 Å². The number of halogens is 1. The topological polar surface area (TPSA) is 72.4 Å². The lowest BCUT2D eigenvalue weighted by molar-refractivity contribution is 0.132. The number of ether oxygens (including phenoxy) is 1. The first-order valence-electron chi connectivity index (χ1n) is 8.14. The summed E-state index contributed by atoms with van der Waals surface area (Å²) >= 11 is 7.46. The summed E-state index contributed by atoms with van der Waals surface area (Å²) in [6, 6.07) is 8.28. The van der Waals surface area contributed by atoms with Crippen molar-refractivity contribution in [3.8, 4) is 5.88 Å². The number of aromatic nitrogens is 2. The summed E-state index contributed by atoms with van der Waals surface area (Å²) in [4.78, 5) is 8.65. The summed E-state index contributed by atoms with van der Waals surface area (Å²) in [5.41, 5.74) is 0.862. The second-order valence-electron chi connectivity index (χ2n) is 5.99. The van der Waals surface area contributed by atoms with Crippen molar-refractivity contribution < 1.29 is 13.2 Å². The fraction of sp³-hybridized carbons (Fsp3) is 0.294. The van der Waals surface area contributed by atoms with Crippen molar-refractivity contribution in [3.63, 3.8) is 0 Å². The summed E-state index contributed by atoms with van der Waals surface area (Å²) in [5, 5.41) is 2.36. The molecule has 1 aliphatic rings. The maximum absolute atomic E-state index is 12.8. The largest absolute Gasteiger partial charge is 0.473 e. The third-order valence-electron chi connectivity index (χ3n) is 4.32. The van der Waals surface area contributed by atoms with Crippen LogP contribution < -0.4 is 4.74 Å². The minimum Gasteiger partial charge on any atom is -0.473 e. The average molecular weight is 410 g/mol. The molecule has 4 rings (SSSR count). The van der Waals surface area contributed by atoms with E-state index in [1.807, 2.05) is 11.4 Å². The highest BCUT2D eigenvalue weighted by Gasteiger charge is 2.30. The third-order valence-corrected chi connectivity index (χ3v) is 7.34. The molecule has 3 aromatic rings. The van der Waals surface area contributed by atoms with E-state index in [-0.39, 0.29) is 11.0 Å². The summed E-state index contributed by atoms with van der Waals surface area (Å²) in [5.74, 6) is 0.571. The van der Waals surface area contributed by atoms with E-state index < -0.39 is 10.0 Å². The number of fused-ring (bicyclic) bond motifs is 1. The van der Waals surface area contributed by atoms with Gasteiger partial charge in [-0.2, -0.15) is 4.31 Å². The average Bonchev–Trinajstić information content (AvgIpc) is 3.12. The van der Waals surface area contributed by atoms with Gasteiger partial charge in [-0.15, -0.1) is 11.3 Å². The number of sulfonamides is 1. The monoisotopic (exact) mass is 409 g/mol. The fourth-order valence-electron chi connectivity index (χ4n) is 2.97. The molecule has 0 radical (unpaired) electrons. The SMILES string of the molecule is O=S(=O)(c1cccc(Cl)c1)N1CCC(Oc2ncnc3ccsc23)CC1. The minimum atomic E-state index is -3.54.